The van der Waals surface area contributed by atoms with Crippen LogP contribution in [0.25, 0.3) is 22.3 Å². The number of nitrogens with one attached hydrogen (secondary N) is 3. The van der Waals surface area contributed by atoms with Crippen LogP contribution in [0.3, 0.4) is 0 Å². The molecule has 2 aromatic carbocycles. The maximum absolute atomic E-state index is 10.6. The van der Waals surface area contributed by atoms with Crippen molar-refractivity contribution in [3.05, 3.63) is 66.2 Å². The topological polar surface area (TPSA) is 116 Å². The minimum absolute atomic E-state index is 0.612. The second-order valence-electron chi connectivity index (χ2n) is 6.96. The van der Waals surface area contributed by atoms with Gasteiger partial charge in [0.15, 0.2) is 0 Å². The van der Waals surface area contributed by atoms with Crippen LogP contribution in [0.15, 0.2) is 59.3 Å². The normalized spacial score (nSPS) is 11.2. The lowest BCUT2D eigenvalue weighted by Crippen LogP contribution is -2.21. The van der Waals surface area contributed by atoms with E-state index in [4.69, 9.17) is 14.4 Å². The summed E-state index contributed by atoms with van der Waals surface area (Å²) in [5.74, 6) is -1.53. The summed E-state index contributed by atoms with van der Waals surface area (Å²) < 4.78 is 37.2. The Kier molecular flexibility index (Phi) is 7.67. The van der Waals surface area contributed by atoms with Gasteiger partial charge in [-0.15, -0.1) is 0 Å². The zero-order valence-electron chi connectivity index (χ0n) is 17.6. The fourth-order valence-electron chi connectivity index (χ4n) is 2.95. The number of hydrogen-bond donors (Lipinski definition) is 4. The molecule has 174 valence electrons. The quantitative estimate of drug-likeness (QED) is 0.307. The third-order valence-electron chi connectivity index (χ3n) is 4.57. The fraction of sp³-hybridized carbons (Fsp3) is 0.227. The minimum atomic E-state index is -5.08. The molecule has 2 aromatic heterocycles. The zero-order chi connectivity index (χ0) is 23.8. The number of likely N-dealkylation sites (N-methyl/N-ethyl adjacent to an activating group) is 1. The van der Waals surface area contributed by atoms with Crippen LogP contribution in [-0.2, 0) is 11.2 Å². The van der Waals surface area contributed by atoms with Crippen LogP contribution in [0.4, 0.5) is 18.9 Å². The van der Waals surface area contributed by atoms with Gasteiger partial charge < -0.3 is 25.2 Å². The van der Waals surface area contributed by atoms with Gasteiger partial charge in [-0.2, -0.15) is 18.2 Å². The molecule has 0 radical (unpaired) electrons. The zero-order valence-corrected chi connectivity index (χ0v) is 17.6. The van der Waals surface area contributed by atoms with E-state index in [2.05, 4.69) is 37.9 Å². The molecule has 0 unspecified atom stereocenters. The first-order valence-corrected chi connectivity index (χ1v) is 9.94. The third kappa shape index (κ3) is 6.56. The van der Waals surface area contributed by atoms with Gasteiger partial charge in [0.1, 0.15) is 0 Å². The van der Waals surface area contributed by atoms with E-state index in [1.807, 2.05) is 49.6 Å². The van der Waals surface area contributed by atoms with Gasteiger partial charge in [-0.05, 0) is 42.9 Å². The predicted octanol–water partition coefficient (Wildman–Crippen LogP) is 4.07. The number of nitrogens with zero attached hydrogens (tertiary/aromatic N) is 2. The molecule has 11 heteroatoms. The van der Waals surface area contributed by atoms with E-state index in [0.717, 1.165) is 35.4 Å². The van der Waals surface area contributed by atoms with Crippen molar-refractivity contribution in [3.8, 4) is 11.4 Å². The van der Waals surface area contributed by atoms with E-state index >= 15 is 0 Å². The molecular formula is C22H22F3N5O3. The molecular weight excluding hydrogens is 439 g/mol. The summed E-state index contributed by atoms with van der Waals surface area (Å²) in [7, 11) is 1.94. The first-order chi connectivity index (χ1) is 15.8. The summed E-state index contributed by atoms with van der Waals surface area (Å²) in [5.41, 5.74) is 4.29. The Morgan fingerprint density at radius 2 is 1.82 bits per heavy atom. The largest absolute Gasteiger partial charge is 0.490 e. The van der Waals surface area contributed by atoms with Gasteiger partial charge in [-0.3, -0.25) is 0 Å². The van der Waals surface area contributed by atoms with Crippen molar-refractivity contribution < 1.29 is 27.6 Å². The van der Waals surface area contributed by atoms with Gasteiger partial charge in [0.2, 0.25) is 11.7 Å². The molecule has 0 amide bonds. The lowest BCUT2D eigenvalue weighted by molar-refractivity contribution is -0.192. The maximum Gasteiger partial charge on any atom is 0.490 e. The van der Waals surface area contributed by atoms with Crippen LogP contribution in [0.5, 0.6) is 0 Å². The minimum Gasteiger partial charge on any atom is -0.475 e. The standard InChI is InChI=1S/C20H21N5O.C2HF3O2/c1-21-10-11-22-16-8-6-14(7-9-16)20-24-19(26-25-20)12-15-13-23-18-5-3-2-4-17(15)18;3-2(4,5)1(6)7/h2-9,13,21-23H,10-12H2,1H3;(H,6,7). The van der Waals surface area contributed by atoms with Gasteiger partial charge >= 0.3 is 12.1 Å². The fourth-order valence-corrected chi connectivity index (χ4v) is 2.95. The highest BCUT2D eigenvalue weighted by atomic mass is 19.4. The number of anilines is 1. The van der Waals surface area contributed by atoms with Gasteiger partial charge in [-0.25, -0.2) is 4.79 Å². The number of hydrogen-bond acceptors (Lipinski definition) is 6. The molecule has 0 spiro atoms. The van der Waals surface area contributed by atoms with Crippen LogP contribution in [0.1, 0.15) is 11.5 Å². The lowest BCUT2D eigenvalue weighted by atomic mass is 10.1. The Bertz CT molecular complexity index is 1190. The molecule has 0 aliphatic carbocycles. The van der Waals surface area contributed by atoms with Crippen LogP contribution in [-0.4, -0.2) is 52.5 Å². The number of alkyl halides is 3. The first-order valence-electron chi connectivity index (χ1n) is 9.94. The first kappa shape index (κ1) is 23.8. The molecule has 0 saturated heterocycles. The van der Waals surface area contributed by atoms with Gasteiger partial charge in [0.25, 0.3) is 0 Å². The third-order valence-corrected chi connectivity index (χ3v) is 4.57. The van der Waals surface area contributed by atoms with Crippen molar-refractivity contribution in [1.29, 1.82) is 0 Å². The number of carbonyl (C=O) groups is 1. The van der Waals surface area contributed by atoms with Gasteiger partial charge in [0.05, 0.1) is 6.42 Å². The van der Waals surface area contributed by atoms with Crippen LogP contribution >= 0.6 is 0 Å². The van der Waals surface area contributed by atoms with Crippen molar-refractivity contribution in [2.24, 2.45) is 0 Å². The summed E-state index contributed by atoms with van der Waals surface area (Å²) >= 11 is 0. The van der Waals surface area contributed by atoms with E-state index in [9.17, 15) is 13.2 Å². The average molecular weight is 461 g/mol. The van der Waals surface area contributed by atoms with Crippen molar-refractivity contribution in [2.75, 3.05) is 25.5 Å². The number of rotatable bonds is 7. The number of H-pyrrole nitrogens is 1. The average Bonchev–Trinajstić information content (AvgIpc) is 3.42. The van der Waals surface area contributed by atoms with Crippen molar-refractivity contribution in [1.82, 2.24) is 20.4 Å². The molecule has 4 N–H and O–H groups in total. The van der Waals surface area contributed by atoms with Crippen LogP contribution in [0, 0.1) is 0 Å². The molecule has 2 heterocycles. The molecule has 4 aromatic rings. The van der Waals surface area contributed by atoms with E-state index in [-0.39, 0.29) is 0 Å². The summed E-state index contributed by atoms with van der Waals surface area (Å²) in [6.07, 6.45) is -2.47. The number of carboxylic acids is 1. The smallest absolute Gasteiger partial charge is 0.475 e. The van der Waals surface area contributed by atoms with Gasteiger partial charge in [0, 0.05) is 41.4 Å². The monoisotopic (exact) mass is 461 g/mol. The van der Waals surface area contributed by atoms with E-state index in [0.29, 0.717) is 18.1 Å². The number of fused-ring (bicyclic) bond motifs is 1. The summed E-state index contributed by atoms with van der Waals surface area (Å²) in [6, 6.07) is 16.3. The molecule has 8 nitrogen and oxygen atoms in total. The van der Waals surface area contributed by atoms with Crippen molar-refractivity contribution >= 4 is 22.6 Å². The van der Waals surface area contributed by atoms with Crippen LogP contribution < -0.4 is 10.6 Å². The number of aromatic amines is 1. The molecule has 4 rings (SSSR count). The van der Waals surface area contributed by atoms with Gasteiger partial charge in [-0.1, -0.05) is 23.4 Å². The second kappa shape index (κ2) is 10.6. The van der Waals surface area contributed by atoms with Crippen molar-refractivity contribution in [2.45, 2.75) is 12.6 Å². The summed E-state index contributed by atoms with van der Waals surface area (Å²) in [4.78, 5) is 16.7. The Balaban J connectivity index is 0.000000383. The maximum atomic E-state index is 10.6. The SMILES string of the molecule is CNCCNc1ccc(-c2noc(Cc3c[nH]c4ccccc34)n2)cc1.O=C(O)C(F)(F)F. The lowest BCUT2D eigenvalue weighted by Gasteiger charge is -2.05. The Hall–Kier alpha value is -3.86. The molecule has 0 bridgehead atoms. The Labute approximate surface area is 186 Å². The van der Waals surface area contributed by atoms with Crippen molar-refractivity contribution in [3.63, 3.8) is 0 Å². The molecule has 0 atom stereocenters. The Morgan fingerprint density at radius 1 is 1.12 bits per heavy atom. The summed E-state index contributed by atoms with van der Waals surface area (Å²) in [6.45, 7) is 1.80. The van der Waals surface area contributed by atoms with Crippen LogP contribution in [0.2, 0.25) is 0 Å². The van der Waals surface area contributed by atoms with E-state index in [1.54, 1.807) is 0 Å². The molecule has 0 aliphatic rings. The molecule has 0 saturated carbocycles. The predicted molar refractivity (Wildman–Crippen MR) is 117 cm³/mol. The number of para-hydroxylation sites is 1. The highest BCUT2D eigenvalue weighted by Crippen LogP contribution is 2.23. The number of halogens is 3. The number of aromatic nitrogens is 3. The summed E-state index contributed by atoms with van der Waals surface area (Å²) in [5, 5.41) is 18.9. The number of aliphatic carboxylic acids is 1. The highest BCUT2D eigenvalue weighted by molar-refractivity contribution is 5.83. The number of benzene rings is 2. The molecule has 33 heavy (non-hydrogen) atoms. The number of carboxylic acid groups (broad SMARTS) is 1. The second-order valence-corrected chi connectivity index (χ2v) is 6.96. The highest BCUT2D eigenvalue weighted by Gasteiger charge is 2.38. The van der Waals surface area contributed by atoms with E-state index in [1.165, 1.54) is 5.39 Å². The molecule has 0 aliphatic heterocycles. The molecule has 0 fully saturated rings. The Morgan fingerprint density at radius 3 is 2.48 bits per heavy atom. The van der Waals surface area contributed by atoms with E-state index < -0.39 is 12.1 Å².